The monoisotopic (exact) mass is 312 g/mol. The van der Waals surface area contributed by atoms with Crippen LogP contribution in [0.2, 0.25) is 0 Å². The van der Waals surface area contributed by atoms with E-state index in [4.69, 9.17) is 0 Å². The quantitative estimate of drug-likeness (QED) is 0.910. The third-order valence-electron chi connectivity index (χ3n) is 3.96. The molecule has 0 radical (unpaired) electrons. The van der Waals surface area contributed by atoms with Crippen LogP contribution in [0.1, 0.15) is 18.5 Å². The molecular weight excluding hydrogens is 291 g/mol. The van der Waals surface area contributed by atoms with E-state index in [0.29, 0.717) is 6.04 Å². The number of benzene rings is 2. The summed E-state index contributed by atoms with van der Waals surface area (Å²) in [7, 11) is 0. The van der Waals surface area contributed by atoms with Crippen LogP contribution in [0.4, 0.5) is 0 Å². The van der Waals surface area contributed by atoms with Crippen LogP contribution in [-0.4, -0.2) is 31.1 Å². The van der Waals surface area contributed by atoms with Crippen molar-refractivity contribution in [2.75, 3.05) is 26.2 Å². The number of rotatable bonds is 2. The normalized spacial score (nSPS) is 17.1. The first-order valence-corrected chi connectivity index (χ1v) is 6.78. The SMILES string of the molecule is C[C@@H](c1ccc2ccccc2c1)N1CCNCC1.Cl.Cl. The summed E-state index contributed by atoms with van der Waals surface area (Å²) in [6.45, 7) is 6.83. The molecule has 1 saturated heterocycles. The van der Waals surface area contributed by atoms with E-state index in [-0.39, 0.29) is 24.8 Å². The maximum atomic E-state index is 3.41. The topological polar surface area (TPSA) is 15.3 Å². The van der Waals surface area contributed by atoms with Gasteiger partial charge in [-0.25, -0.2) is 0 Å². The van der Waals surface area contributed by atoms with Crippen molar-refractivity contribution in [1.82, 2.24) is 10.2 Å². The number of nitrogens with one attached hydrogen (secondary N) is 1. The lowest BCUT2D eigenvalue weighted by molar-refractivity contribution is 0.185. The molecule has 1 atom stereocenters. The van der Waals surface area contributed by atoms with Gasteiger partial charge in [-0.15, -0.1) is 24.8 Å². The van der Waals surface area contributed by atoms with Crippen molar-refractivity contribution in [3.63, 3.8) is 0 Å². The first-order chi connectivity index (χ1) is 8.84. The van der Waals surface area contributed by atoms with Gasteiger partial charge in [0.15, 0.2) is 0 Å². The molecular formula is C16H22Cl2N2. The molecule has 2 aromatic rings. The molecule has 0 saturated carbocycles. The standard InChI is InChI=1S/C16H20N2.2ClH/c1-13(18-10-8-17-9-11-18)15-7-6-14-4-2-3-5-16(14)12-15;;/h2-7,12-13,17H,8-11H2,1H3;2*1H/t13-;;/m0../s1. The van der Waals surface area contributed by atoms with Gasteiger partial charge in [-0.05, 0) is 29.3 Å². The van der Waals surface area contributed by atoms with E-state index < -0.39 is 0 Å². The summed E-state index contributed by atoms with van der Waals surface area (Å²) in [6, 6.07) is 15.9. The van der Waals surface area contributed by atoms with Crippen LogP contribution in [0.15, 0.2) is 42.5 Å². The minimum Gasteiger partial charge on any atom is -0.314 e. The zero-order valence-electron chi connectivity index (χ0n) is 11.7. The molecule has 0 unspecified atom stereocenters. The summed E-state index contributed by atoms with van der Waals surface area (Å²) < 4.78 is 0. The summed E-state index contributed by atoms with van der Waals surface area (Å²) in [6.07, 6.45) is 0. The lowest BCUT2D eigenvalue weighted by Gasteiger charge is -2.33. The maximum absolute atomic E-state index is 3.41. The van der Waals surface area contributed by atoms with Gasteiger partial charge in [0.1, 0.15) is 0 Å². The predicted octanol–water partition coefficient (Wildman–Crippen LogP) is 3.65. The fourth-order valence-corrected chi connectivity index (χ4v) is 2.75. The first-order valence-electron chi connectivity index (χ1n) is 6.78. The Kier molecular flexibility index (Phi) is 6.77. The van der Waals surface area contributed by atoms with E-state index in [2.05, 4.69) is 59.6 Å². The summed E-state index contributed by atoms with van der Waals surface area (Å²) in [5.74, 6) is 0. The fraction of sp³-hybridized carbons (Fsp3) is 0.375. The molecule has 0 amide bonds. The fourth-order valence-electron chi connectivity index (χ4n) is 2.75. The number of hydrogen-bond donors (Lipinski definition) is 1. The molecule has 0 spiro atoms. The van der Waals surface area contributed by atoms with Gasteiger partial charge in [0.25, 0.3) is 0 Å². The number of hydrogen-bond acceptors (Lipinski definition) is 2. The van der Waals surface area contributed by atoms with Gasteiger partial charge < -0.3 is 5.32 Å². The van der Waals surface area contributed by atoms with Crippen LogP contribution in [0.5, 0.6) is 0 Å². The Morgan fingerprint density at radius 1 is 0.950 bits per heavy atom. The Labute approximate surface area is 133 Å². The summed E-state index contributed by atoms with van der Waals surface area (Å²) in [5, 5.41) is 6.08. The third kappa shape index (κ3) is 3.64. The zero-order chi connectivity index (χ0) is 12.4. The first kappa shape index (κ1) is 17.3. The number of fused-ring (bicyclic) bond motifs is 1. The molecule has 1 N–H and O–H groups in total. The lowest BCUT2D eigenvalue weighted by atomic mass is 10.0. The highest BCUT2D eigenvalue weighted by Gasteiger charge is 2.17. The highest BCUT2D eigenvalue weighted by atomic mass is 35.5. The Balaban J connectivity index is 0.000001000. The van der Waals surface area contributed by atoms with E-state index in [1.165, 1.54) is 16.3 Å². The summed E-state index contributed by atoms with van der Waals surface area (Å²) in [4.78, 5) is 2.56. The molecule has 1 fully saturated rings. The van der Waals surface area contributed by atoms with Crippen molar-refractivity contribution in [3.8, 4) is 0 Å². The van der Waals surface area contributed by atoms with Gasteiger partial charge >= 0.3 is 0 Å². The van der Waals surface area contributed by atoms with E-state index in [1.54, 1.807) is 0 Å². The molecule has 20 heavy (non-hydrogen) atoms. The second kappa shape index (κ2) is 7.84. The van der Waals surface area contributed by atoms with E-state index >= 15 is 0 Å². The van der Waals surface area contributed by atoms with Gasteiger partial charge in [0.05, 0.1) is 0 Å². The molecule has 1 heterocycles. The molecule has 0 aliphatic carbocycles. The zero-order valence-corrected chi connectivity index (χ0v) is 13.3. The Hall–Kier alpha value is -0.800. The average molecular weight is 313 g/mol. The van der Waals surface area contributed by atoms with Crippen molar-refractivity contribution in [2.24, 2.45) is 0 Å². The van der Waals surface area contributed by atoms with Crippen LogP contribution >= 0.6 is 24.8 Å². The van der Waals surface area contributed by atoms with Crippen LogP contribution in [-0.2, 0) is 0 Å². The van der Waals surface area contributed by atoms with E-state index in [9.17, 15) is 0 Å². The number of nitrogens with zero attached hydrogens (tertiary/aromatic N) is 1. The molecule has 0 aromatic heterocycles. The lowest BCUT2D eigenvalue weighted by Crippen LogP contribution is -2.44. The molecule has 2 nitrogen and oxygen atoms in total. The molecule has 1 aliphatic rings. The van der Waals surface area contributed by atoms with Crippen molar-refractivity contribution in [2.45, 2.75) is 13.0 Å². The van der Waals surface area contributed by atoms with Crippen LogP contribution < -0.4 is 5.32 Å². The van der Waals surface area contributed by atoms with Gasteiger partial charge in [-0.1, -0.05) is 36.4 Å². The molecule has 3 rings (SSSR count). The van der Waals surface area contributed by atoms with Crippen molar-refractivity contribution < 1.29 is 0 Å². The van der Waals surface area contributed by atoms with Gasteiger partial charge in [0.2, 0.25) is 0 Å². The molecule has 2 aromatic carbocycles. The third-order valence-corrected chi connectivity index (χ3v) is 3.96. The summed E-state index contributed by atoms with van der Waals surface area (Å²) >= 11 is 0. The second-order valence-corrected chi connectivity index (χ2v) is 5.07. The van der Waals surface area contributed by atoms with Gasteiger partial charge in [0, 0.05) is 32.2 Å². The van der Waals surface area contributed by atoms with E-state index in [0.717, 1.165) is 26.2 Å². The van der Waals surface area contributed by atoms with Crippen molar-refractivity contribution >= 4 is 35.6 Å². The Morgan fingerprint density at radius 2 is 1.60 bits per heavy atom. The van der Waals surface area contributed by atoms with Crippen LogP contribution in [0, 0.1) is 0 Å². The van der Waals surface area contributed by atoms with Gasteiger partial charge in [-0.2, -0.15) is 0 Å². The Bertz CT molecular complexity index is 539. The Morgan fingerprint density at radius 3 is 2.30 bits per heavy atom. The van der Waals surface area contributed by atoms with Crippen LogP contribution in [0.25, 0.3) is 10.8 Å². The molecule has 110 valence electrons. The van der Waals surface area contributed by atoms with Gasteiger partial charge in [-0.3, -0.25) is 4.90 Å². The minimum atomic E-state index is 0. The largest absolute Gasteiger partial charge is 0.314 e. The average Bonchev–Trinajstić information content (AvgIpc) is 2.47. The molecule has 1 aliphatic heterocycles. The number of piperazine rings is 1. The summed E-state index contributed by atoms with van der Waals surface area (Å²) in [5.41, 5.74) is 1.43. The van der Waals surface area contributed by atoms with Crippen LogP contribution in [0.3, 0.4) is 0 Å². The molecule has 0 bridgehead atoms. The highest BCUT2D eigenvalue weighted by molar-refractivity contribution is 5.85. The second-order valence-electron chi connectivity index (χ2n) is 5.07. The highest BCUT2D eigenvalue weighted by Crippen LogP contribution is 2.24. The maximum Gasteiger partial charge on any atom is 0.0321 e. The van der Waals surface area contributed by atoms with Crippen molar-refractivity contribution in [3.05, 3.63) is 48.0 Å². The van der Waals surface area contributed by atoms with Crippen molar-refractivity contribution in [1.29, 1.82) is 0 Å². The molecule has 4 heteroatoms. The predicted molar refractivity (Wildman–Crippen MR) is 91.3 cm³/mol. The smallest absolute Gasteiger partial charge is 0.0321 e. The van der Waals surface area contributed by atoms with E-state index in [1.807, 2.05) is 0 Å². The number of halogens is 2. The minimum absolute atomic E-state index is 0.